The third-order valence-corrected chi connectivity index (χ3v) is 7.12. The summed E-state index contributed by atoms with van der Waals surface area (Å²) in [6.45, 7) is 7.55. The van der Waals surface area contributed by atoms with Crippen molar-refractivity contribution in [1.82, 2.24) is 14.9 Å². The van der Waals surface area contributed by atoms with Crippen molar-refractivity contribution in [1.29, 1.82) is 0 Å². The van der Waals surface area contributed by atoms with Crippen LogP contribution in [0.25, 0.3) is 0 Å². The summed E-state index contributed by atoms with van der Waals surface area (Å²) < 4.78 is 27.9. The maximum Gasteiger partial charge on any atom is 0.270 e. The summed E-state index contributed by atoms with van der Waals surface area (Å²) in [5.41, 5.74) is 4.35. The Morgan fingerprint density at radius 3 is 2.48 bits per heavy atom. The van der Waals surface area contributed by atoms with Gasteiger partial charge in [-0.15, -0.1) is 10.2 Å². The summed E-state index contributed by atoms with van der Waals surface area (Å²) in [7, 11) is -3.88. The molecule has 1 aromatic heterocycles. The van der Waals surface area contributed by atoms with Gasteiger partial charge in [-0.05, 0) is 51.0 Å². The molecule has 29 heavy (non-hydrogen) atoms. The zero-order valence-corrected chi connectivity index (χ0v) is 18.2. The molecule has 0 fully saturated rings. The standard InChI is InChI=1S/C20H22N4O3S2/c1-12-6-5-7-16(10-12)18(25)21-19-22-23-20(28-19)29(26,27)24-15(4)17-11-13(2)8-9-14(17)3/h5-11,15,24H,1-4H3,(H,21,22,25)/t15-/m1/s1. The molecule has 1 atom stereocenters. The molecule has 9 heteroatoms. The van der Waals surface area contributed by atoms with Crippen molar-refractivity contribution in [2.45, 2.75) is 38.1 Å². The predicted octanol–water partition coefficient (Wildman–Crippen LogP) is 3.76. The van der Waals surface area contributed by atoms with Gasteiger partial charge in [-0.3, -0.25) is 10.1 Å². The van der Waals surface area contributed by atoms with E-state index in [1.54, 1.807) is 25.1 Å². The molecule has 0 aliphatic rings. The van der Waals surface area contributed by atoms with E-state index in [0.717, 1.165) is 33.6 Å². The van der Waals surface area contributed by atoms with Gasteiger partial charge in [-0.2, -0.15) is 0 Å². The van der Waals surface area contributed by atoms with E-state index in [4.69, 9.17) is 0 Å². The van der Waals surface area contributed by atoms with Gasteiger partial charge in [-0.25, -0.2) is 13.1 Å². The van der Waals surface area contributed by atoms with Gasteiger partial charge < -0.3 is 0 Å². The number of carbonyl (C=O) groups is 1. The highest BCUT2D eigenvalue weighted by Gasteiger charge is 2.24. The zero-order chi connectivity index (χ0) is 21.2. The van der Waals surface area contributed by atoms with Crippen LogP contribution in [0.4, 0.5) is 5.13 Å². The van der Waals surface area contributed by atoms with Crippen LogP contribution in [0.15, 0.2) is 46.8 Å². The minimum absolute atomic E-state index is 0.122. The van der Waals surface area contributed by atoms with E-state index in [9.17, 15) is 13.2 Å². The minimum atomic E-state index is -3.88. The molecule has 0 bridgehead atoms. The second kappa shape index (κ2) is 8.40. The fourth-order valence-corrected chi connectivity index (χ4v) is 5.03. The van der Waals surface area contributed by atoms with Gasteiger partial charge in [0.1, 0.15) is 0 Å². The van der Waals surface area contributed by atoms with Crippen LogP contribution in [-0.4, -0.2) is 24.5 Å². The number of benzene rings is 2. The summed E-state index contributed by atoms with van der Waals surface area (Å²) >= 11 is 0.807. The molecule has 0 aliphatic carbocycles. The van der Waals surface area contributed by atoms with Crippen LogP contribution in [0.3, 0.4) is 0 Å². The second-order valence-corrected chi connectivity index (χ2v) is 9.76. The Kier molecular flexibility index (Phi) is 6.11. The van der Waals surface area contributed by atoms with E-state index >= 15 is 0 Å². The van der Waals surface area contributed by atoms with Crippen LogP contribution in [0, 0.1) is 20.8 Å². The van der Waals surface area contributed by atoms with E-state index in [2.05, 4.69) is 20.2 Å². The predicted molar refractivity (Wildman–Crippen MR) is 114 cm³/mol. The van der Waals surface area contributed by atoms with Gasteiger partial charge >= 0.3 is 0 Å². The highest BCUT2D eigenvalue weighted by Crippen LogP contribution is 2.24. The van der Waals surface area contributed by atoms with Gasteiger partial charge in [-0.1, -0.05) is 52.8 Å². The Balaban J connectivity index is 1.74. The zero-order valence-electron chi connectivity index (χ0n) is 16.6. The first-order valence-corrected chi connectivity index (χ1v) is 11.3. The monoisotopic (exact) mass is 430 g/mol. The highest BCUT2D eigenvalue weighted by molar-refractivity contribution is 7.91. The maximum atomic E-state index is 12.7. The van der Waals surface area contributed by atoms with Crippen LogP contribution in [0.5, 0.6) is 0 Å². The van der Waals surface area contributed by atoms with Crippen LogP contribution < -0.4 is 10.0 Å². The summed E-state index contributed by atoms with van der Waals surface area (Å²) in [5, 5.41) is 10.3. The van der Waals surface area contributed by atoms with Crippen molar-refractivity contribution < 1.29 is 13.2 Å². The lowest BCUT2D eigenvalue weighted by Crippen LogP contribution is -2.27. The molecule has 1 heterocycles. The molecule has 0 spiro atoms. The van der Waals surface area contributed by atoms with Crippen LogP contribution in [0.2, 0.25) is 0 Å². The molecule has 2 N–H and O–H groups in total. The molecule has 3 rings (SSSR count). The number of nitrogens with one attached hydrogen (secondary N) is 2. The summed E-state index contributed by atoms with van der Waals surface area (Å²) in [6, 6.07) is 12.5. The number of sulfonamides is 1. The van der Waals surface area contributed by atoms with Crippen molar-refractivity contribution in [3.63, 3.8) is 0 Å². The quantitative estimate of drug-likeness (QED) is 0.580. The number of nitrogens with zero attached hydrogens (tertiary/aromatic N) is 2. The third-order valence-electron chi connectivity index (χ3n) is 4.37. The third kappa shape index (κ3) is 5.06. The lowest BCUT2D eigenvalue weighted by molar-refractivity contribution is 0.102. The topological polar surface area (TPSA) is 101 Å². The number of carbonyl (C=O) groups excluding carboxylic acids is 1. The van der Waals surface area contributed by atoms with Gasteiger partial charge in [0.05, 0.1) is 0 Å². The molecule has 0 radical (unpaired) electrons. The Labute approximate surface area is 174 Å². The van der Waals surface area contributed by atoms with E-state index in [1.165, 1.54) is 0 Å². The molecule has 0 saturated heterocycles. The molecular formula is C20H22N4O3S2. The molecule has 0 aliphatic heterocycles. The molecule has 0 unspecified atom stereocenters. The number of rotatable bonds is 6. The molecular weight excluding hydrogens is 408 g/mol. The van der Waals surface area contributed by atoms with Crippen LogP contribution >= 0.6 is 11.3 Å². The Hall–Kier alpha value is -2.62. The van der Waals surface area contributed by atoms with E-state index in [-0.39, 0.29) is 15.4 Å². The maximum absolute atomic E-state index is 12.7. The minimum Gasteiger partial charge on any atom is -0.296 e. The number of hydrogen-bond donors (Lipinski definition) is 2. The van der Waals surface area contributed by atoms with E-state index < -0.39 is 16.1 Å². The Morgan fingerprint density at radius 2 is 1.76 bits per heavy atom. The fraction of sp³-hybridized carbons (Fsp3) is 0.250. The van der Waals surface area contributed by atoms with Crippen molar-refractivity contribution in [2.75, 3.05) is 5.32 Å². The molecule has 152 valence electrons. The average molecular weight is 431 g/mol. The highest BCUT2D eigenvalue weighted by atomic mass is 32.2. The molecule has 7 nitrogen and oxygen atoms in total. The number of hydrogen-bond acceptors (Lipinski definition) is 6. The SMILES string of the molecule is Cc1cccc(C(=O)Nc2nnc(S(=O)(=O)N[C@H](C)c3cc(C)ccc3C)s2)c1. The Bertz CT molecular complexity index is 1160. The first-order valence-electron chi connectivity index (χ1n) is 8.97. The van der Waals surface area contributed by atoms with Crippen molar-refractivity contribution in [3.8, 4) is 0 Å². The first kappa shape index (κ1) is 21.1. The largest absolute Gasteiger partial charge is 0.296 e. The van der Waals surface area contributed by atoms with Crippen molar-refractivity contribution >= 4 is 32.4 Å². The van der Waals surface area contributed by atoms with Gasteiger partial charge in [0.15, 0.2) is 0 Å². The molecule has 1 amide bonds. The fourth-order valence-electron chi connectivity index (χ4n) is 2.90. The lowest BCUT2D eigenvalue weighted by atomic mass is 10.0. The van der Waals surface area contributed by atoms with Crippen LogP contribution in [0.1, 0.15) is 45.6 Å². The molecule has 0 saturated carbocycles. The average Bonchev–Trinajstić information content (AvgIpc) is 3.13. The van der Waals surface area contributed by atoms with E-state index in [1.807, 2.05) is 45.0 Å². The van der Waals surface area contributed by atoms with Gasteiger partial charge in [0.25, 0.3) is 15.9 Å². The number of amides is 1. The number of anilines is 1. The molecule has 3 aromatic rings. The van der Waals surface area contributed by atoms with Crippen LogP contribution in [-0.2, 0) is 10.0 Å². The second-order valence-electron chi connectivity index (χ2n) is 6.90. The van der Waals surface area contributed by atoms with Crippen molar-refractivity contribution in [3.05, 3.63) is 70.3 Å². The number of aryl methyl sites for hydroxylation is 3. The van der Waals surface area contributed by atoms with Gasteiger partial charge in [0, 0.05) is 11.6 Å². The molecule has 2 aromatic carbocycles. The van der Waals surface area contributed by atoms with E-state index in [0.29, 0.717) is 5.56 Å². The summed E-state index contributed by atoms with van der Waals surface area (Å²) in [5.74, 6) is -0.370. The summed E-state index contributed by atoms with van der Waals surface area (Å²) in [6.07, 6.45) is 0. The smallest absolute Gasteiger partial charge is 0.270 e. The summed E-state index contributed by atoms with van der Waals surface area (Å²) in [4.78, 5) is 12.3. The number of aromatic nitrogens is 2. The van der Waals surface area contributed by atoms with Crippen molar-refractivity contribution in [2.24, 2.45) is 0 Å². The Morgan fingerprint density at radius 1 is 1.03 bits per heavy atom. The van der Waals surface area contributed by atoms with Gasteiger partial charge in [0.2, 0.25) is 9.47 Å². The first-order chi connectivity index (χ1) is 13.7. The lowest BCUT2D eigenvalue weighted by Gasteiger charge is -2.16. The normalized spacial score (nSPS) is 12.6.